The molecule has 1 aliphatic heterocycles. The largest absolute Gasteiger partial charge is 0.394 e. The first kappa shape index (κ1) is 9.82. The molecule has 3 N–H and O–H groups in total. The number of carbonyl (C=O) groups excluding carboxylic acids is 1. The maximum atomic E-state index is 11.2. The topological polar surface area (TPSA) is 76.2 Å². The third kappa shape index (κ3) is 2.03. The average Bonchev–Trinajstić information content (AvgIpc) is 2.39. The van der Waals surface area contributed by atoms with Crippen molar-refractivity contribution in [2.24, 2.45) is 7.05 Å². The molecule has 1 aromatic heterocycles. The van der Waals surface area contributed by atoms with Gasteiger partial charge in [0.25, 0.3) is 0 Å². The van der Waals surface area contributed by atoms with Crippen LogP contribution >= 0.6 is 0 Å². The molecule has 1 aliphatic rings. The second-order valence-electron chi connectivity index (χ2n) is 3.67. The molecule has 0 saturated carbocycles. The van der Waals surface area contributed by atoms with Crippen LogP contribution in [-0.4, -0.2) is 35.3 Å². The van der Waals surface area contributed by atoms with Crippen LogP contribution in [0.4, 0.5) is 11.5 Å². The lowest BCUT2D eigenvalue weighted by atomic mass is 10.3. The van der Waals surface area contributed by atoms with Crippen LogP contribution in [0.1, 0.15) is 6.42 Å². The fourth-order valence-corrected chi connectivity index (χ4v) is 1.72. The molecule has 1 fully saturated rings. The normalized spacial score (nSPS) is 17.4. The van der Waals surface area contributed by atoms with Gasteiger partial charge in [-0.25, -0.2) is 0 Å². The van der Waals surface area contributed by atoms with E-state index in [1.807, 2.05) is 11.9 Å². The first-order chi connectivity index (χ1) is 7.16. The molecule has 1 saturated heterocycles. The van der Waals surface area contributed by atoms with Gasteiger partial charge in [-0.1, -0.05) is 0 Å². The minimum absolute atomic E-state index is 0.0898. The molecule has 0 aromatic carbocycles. The fraction of sp³-hybridized carbons (Fsp3) is 0.556. The van der Waals surface area contributed by atoms with Crippen molar-refractivity contribution in [3.05, 3.63) is 6.20 Å². The van der Waals surface area contributed by atoms with E-state index >= 15 is 0 Å². The standard InChI is InChI=1S/C9H15N5O/c1-13-6-7(10)9(12-13)14-4-2-8(15)11-3-5-14/h6H,2-5,10H2,1H3,(H,11,15). The molecule has 1 amide bonds. The number of nitrogen functional groups attached to an aromatic ring is 1. The first-order valence-corrected chi connectivity index (χ1v) is 4.97. The van der Waals surface area contributed by atoms with Gasteiger partial charge in [0.05, 0.1) is 5.69 Å². The van der Waals surface area contributed by atoms with Crippen LogP contribution in [0.2, 0.25) is 0 Å². The number of rotatable bonds is 1. The van der Waals surface area contributed by atoms with Gasteiger partial charge in [0, 0.05) is 39.3 Å². The van der Waals surface area contributed by atoms with Crippen LogP contribution in [-0.2, 0) is 11.8 Å². The minimum Gasteiger partial charge on any atom is -0.394 e. The Hall–Kier alpha value is -1.72. The lowest BCUT2D eigenvalue weighted by molar-refractivity contribution is -0.120. The Morgan fingerprint density at radius 3 is 3.00 bits per heavy atom. The van der Waals surface area contributed by atoms with Gasteiger partial charge in [-0.2, -0.15) is 5.10 Å². The number of hydrogen-bond acceptors (Lipinski definition) is 4. The maximum absolute atomic E-state index is 11.2. The van der Waals surface area contributed by atoms with Gasteiger partial charge in [0.2, 0.25) is 5.91 Å². The Morgan fingerprint density at radius 2 is 2.33 bits per heavy atom. The summed E-state index contributed by atoms with van der Waals surface area (Å²) in [5.74, 6) is 0.862. The zero-order valence-electron chi connectivity index (χ0n) is 8.73. The lowest BCUT2D eigenvalue weighted by Crippen LogP contribution is -2.29. The summed E-state index contributed by atoms with van der Waals surface area (Å²) in [4.78, 5) is 13.2. The summed E-state index contributed by atoms with van der Waals surface area (Å²) in [5, 5.41) is 7.09. The van der Waals surface area contributed by atoms with Crippen LogP contribution in [0.15, 0.2) is 6.20 Å². The van der Waals surface area contributed by atoms with Crippen molar-refractivity contribution < 1.29 is 4.79 Å². The Kier molecular flexibility index (Phi) is 2.49. The number of nitrogens with two attached hydrogens (primary N) is 1. The highest BCUT2D eigenvalue weighted by Gasteiger charge is 2.17. The molecule has 15 heavy (non-hydrogen) atoms. The molecule has 0 radical (unpaired) electrons. The van der Waals surface area contributed by atoms with E-state index in [0.29, 0.717) is 25.2 Å². The van der Waals surface area contributed by atoms with Crippen LogP contribution < -0.4 is 16.0 Å². The van der Waals surface area contributed by atoms with Crippen molar-refractivity contribution in [2.45, 2.75) is 6.42 Å². The molecule has 6 nitrogen and oxygen atoms in total. The SMILES string of the molecule is Cn1cc(N)c(N2CCNC(=O)CC2)n1. The number of amides is 1. The first-order valence-electron chi connectivity index (χ1n) is 4.97. The van der Waals surface area contributed by atoms with Crippen LogP contribution in [0.3, 0.4) is 0 Å². The van der Waals surface area contributed by atoms with E-state index in [-0.39, 0.29) is 5.91 Å². The van der Waals surface area contributed by atoms with Gasteiger partial charge >= 0.3 is 0 Å². The molecular weight excluding hydrogens is 194 g/mol. The summed E-state index contributed by atoms with van der Waals surface area (Å²) >= 11 is 0. The van der Waals surface area contributed by atoms with Gasteiger partial charge < -0.3 is 16.0 Å². The van der Waals surface area contributed by atoms with Crippen LogP contribution in [0, 0.1) is 0 Å². The van der Waals surface area contributed by atoms with Crippen molar-refractivity contribution >= 4 is 17.4 Å². The van der Waals surface area contributed by atoms with Gasteiger partial charge in [-0.15, -0.1) is 0 Å². The number of nitrogens with one attached hydrogen (secondary N) is 1. The summed E-state index contributed by atoms with van der Waals surface area (Å²) in [6.45, 7) is 2.08. The zero-order valence-corrected chi connectivity index (χ0v) is 8.73. The van der Waals surface area contributed by atoms with Crippen molar-refractivity contribution in [3.63, 3.8) is 0 Å². The van der Waals surface area contributed by atoms with E-state index in [4.69, 9.17) is 5.73 Å². The number of carbonyl (C=O) groups is 1. The van der Waals surface area contributed by atoms with Gasteiger partial charge in [0.15, 0.2) is 5.82 Å². The number of aromatic nitrogens is 2. The molecule has 6 heteroatoms. The maximum Gasteiger partial charge on any atom is 0.221 e. The predicted molar refractivity (Wildman–Crippen MR) is 57.5 cm³/mol. The fourth-order valence-electron chi connectivity index (χ4n) is 1.72. The second kappa shape index (κ2) is 3.80. The Morgan fingerprint density at radius 1 is 1.53 bits per heavy atom. The molecule has 0 aliphatic carbocycles. The van der Waals surface area contributed by atoms with E-state index in [0.717, 1.165) is 12.4 Å². The van der Waals surface area contributed by atoms with Gasteiger partial charge in [-0.05, 0) is 0 Å². The second-order valence-corrected chi connectivity index (χ2v) is 3.67. The Balaban J connectivity index is 2.16. The zero-order chi connectivity index (χ0) is 10.8. The molecule has 1 aromatic rings. The average molecular weight is 209 g/mol. The van der Waals surface area contributed by atoms with Crippen molar-refractivity contribution in [3.8, 4) is 0 Å². The molecule has 82 valence electrons. The van der Waals surface area contributed by atoms with Crippen molar-refractivity contribution in [1.82, 2.24) is 15.1 Å². The molecule has 0 atom stereocenters. The third-order valence-electron chi connectivity index (χ3n) is 2.45. The van der Waals surface area contributed by atoms with E-state index in [1.54, 1.807) is 10.9 Å². The van der Waals surface area contributed by atoms with Crippen molar-refractivity contribution in [1.29, 1.82) is 0 Å². The van der Waals surface area contributed by atoms with E-state index in [9.17, 15) is 4.79 Å². The Labute approximate surface area is 88.0 Å². The lowest BCUT2D eigenvalue weighted by Gasteiger charge is -2.19. The number of nitrogens with zero attached hydrogens (tertiary/aromatic N) is 3. The predicted octanol–water partition coefficient (Wildman–Crippen LogP) is -0.671. The minimum atomic E-state index is 0.0898. The highest BCUT2D eigenvalue weighted by atomic mass is 16.1. The van der Waals surface area contributed by atoms with Gasteiger partial charge in [-0.3, -0.25) is 9.48 Å². The summed E-state index contributed by atoms with van der Waals surface area (Å²) in [5.41, 5.74) is 6.49. The quantitative estimate of drug-likeness (QED) is 0.643. The number of anilines is 2. The highest BCUT2D eigenvalue weighted by molar-refractivity contribution is 5.77. The smallest absolute Gasteiger partial charge is 0.221 e. The van der Waals surface area contributed by atoms with E-state index < -0.39 is 0 Å². The molecule has 2 rings (SSSR count). The third-order valence-corrected chi connectivity index (χ3v) is 2.45. The molecule has 0 bridgehead atoms. The summed E-state index contributed by atoms with van der Waals surface area (Å²) in [6, 6.07) is 0. The Bertz CT molecular complexity index is 373. The summed E-state index contributed by atoms with van der Waals surface area (Å²) < 4.78 is 1.69. The molecule has 2 heterocycles. The van der Waals surface area contributed by atoms with Crippen LogP contribution in [0.25, 0.3) is 0 Å². The monoisotopic (exact) mass is 209 g/mol. The molecule has 0 spiro atoms. The highest BCUT2D eigenvalue weighted by Crippen LogP contribution is 2.20. The van der Waals surface area contributed by atoms with Crippen molar-refractivity contribution in [2.75, 3.05) is 30.3 Å². The summed E-state index contributed by atoms with van der Waals surface area (Å²) in [6.07, 6.45) is 2.27. The number of hydrogen-bond donors (Lipinski definition) is 2. The summed E-state index contributed by atoms with van der Waals surface area (Å²) in [7, 11) is 1.83. The molecule has 0 unspecified atom stereocenters. The van der Waals surface area contributed by atoms with E-state index in [2.05, 4.69) is 10.4 Å². The van der Waals surface area contributed by atoms with Gasteiger partial charge in [0.1, 0.15) is 0 Å². The van der Waals surface area contributed by atoms with E-state index in [1.165, 1.54) is 0 Å². The number of aryl methyl sites for hydroxylation is 1. The van der Waals surface area contributed by atoms with Crippen LogP contribution in [0.5, 0.6) is 0 Å². The molecular formula is C9H15N5O.